The molecule has 2 atom stereocenters. The molecule has 0 bridgehead atoms. The van der Waals surface area contributed by atoms with Crippen molar-refractivity contribution in [2.24, 2.45) is 11.7 Å². The zero-order valence-electron chi connectivity index (χ0n) is 13.2. The van der Waals surface area contributed by atoms with Gasteiger partial charge < -0.3 is 15.4 Å². The van der Waals surface area contributed by atoms with Crippen LogP contribution in [0.1, 0.15) is 37.0 Å². The van der Waals surface area contributed by atoms with E-state index in [1.165, 1.54) is 0 Å². The highest BCUT2D eigenvalue weighted by Crippen LogP contribution is 2.24. The Morgan fingerprint density at radius 2 is 2.05 bits per heavy atom. The Hall–Kier alpha value is -1.88. The van der Waals surface area contributed by atoms with E-state index in [1.807, 2.05) is 19.1 Å². The monoisotopic (exact) mass is 304 g/mol. The zero-order valence-corrected chi connectivity index (χ0v) is 13.2. The van der Waals surface area contributed by atoms with Gasteiger partial charge in [0.2, 0.25) is 0 Å². The standard InChI is InChI=1S/C17H24N2O3/c1-3-22-17(21)14-5-4-10-19(11-14)15-8-6-13(7-9-15)16(20)12(2)18/h6-9,12,14H,3-5,10-11,18H2,1-2H3. The molecule has 1 aromatic carbocycles. The molecule has 0 radical (unpaired) electrons. The number of nitrogens with two attached hydrogens (primary N) is 1. The lowest BCUT2D eigenvalue weighted by Gasteiger charge is -2.33. The van der Waals surface area contributed by atoms with E-state index in [2.05, 4.69) is 4.90 Å². The molecule has 120 valence electrons. The number of hydrogen-bond donors (Lipinski definition) is 1. The van der Waals surface area contributed by atoms with E-state index in [9.17, 15) is 9.59 Å². The minimum Gasteiger partial charge on any atom is -0.466 e. The van der Waals surface area contributed by atoms with Gasteiger partial charge in [0.25, 0.3) is 0 Å². The molecule has 2 rings (SSSR count). The van der Waals surface area contributed by atoms with Gasteiger partial charge in [-0.2, -0.15) is 0 Å². The minimum absolute atomic E-state index is 0.0606. The molecular weight excluding hydrogens is 280 g/mol. The number of ether oxygens (including phenoxy) is 1. The van der Waals surface area contributed by atoms with Gasteiger partial charge in [0, 0.05) is 24.3 Å². The number of carbonyl (C=O) groups is 2. The average molecular weight is 304 g/mol. The highest BCUT2D eigenvalue weighted by atomic mass is 16.5. The summed E-state index contributed by atoms with van der Waals surface area (Å²) in [6.07, 6.45) is 1.83. The molecule has 1 fully saturated rings. The van der Waals surface area contributed by atoms with Crippen molar-refractivity contribution in [3.63, 3.8) is 0 Å². The van der Waals surface area contributed by atoms with Gasteiger partial charge in [0.05, 0.1) is 18.6 Å². The number of benzene rings is 1. The van der Waals surface area contributed by atoms with Crippen LogP contribution in [0.2, 0.25) is 0 Å². The normalized spacial score (nSPS) is 19.6. The fraction of sp³-hybridized carbons (Fsp3) is 0.529. The smallest absolute Gasteiger partial charge is 0.310 e. The molecule has 0 spiro atoms. The highest BCUT2D eigenvalue weighted by Gasteiger charge is 2.27. The largest absolute Gasteiger partial charge is 0.466 e. The van der Waals surface area contributed by atoms with Crippen molar-refractivity contribution in [1.82, 2.24) is 0 Å². The van der Waals surface area contributed by atoms with Gasteiger partial charge in [-0.25, -0.2) is 0 Å². The topological polar surface area (TPSA) is 72.6 Å². The quantitative estimate of drug-likeness (QED) is 0.665. The molecule has 2 N–H and O–H groups in total. The first kappa shape index (κ1) is 16.5. The molecule has 1 saturated heterocycles. The Labute approximate surface area is 131 Å². The van der Waals surface area contributed by atoms with Gasteiger partial charge in [-0.15, -0.1) is 0 Å². The average Bonchev–Trinajstić information content (AvgIpc) is 2.54. The minimum atomic E-state index is -0.492. The summed E-state index contributed by atoms with van der Waals surface area (Å²) in [5, 5.41) is 0. The van der Waals surface area contributed by atoms with Gasteiger partial charge in [-0.05, 0) is 51.0 Å². The second kappa shape index (κ2) is 7.40. The summed E-state index contributed by atoms with van der Waals surface area (Å²) in [6.45, 7) is 5.51. The van der Waals surface area contributed by atoms with Crippen molar-refractivity contribution in [1.29, 1.82) is 0 Å². The summed E-state index contributed by atoms with van der Waals surface area (Å²) >= 11 is 0. The number of ketones is 1. The Bertz CT molecular complexity index is 525. The van der Waals surface area contributed by atoms with Crippen LogP contribution in [-0.2, 0) is 9.53 Å². The SMILES string of the molecule is CCOC(=O)C1CCCN(c2ccc(C(=O)C(C)N)cc2)C1. The second-order valence-electron chi connectivity index (χ2n) is 5.74. The summed E-state index contributed by atoms with van der Waals surface area (Å²) in [7, 11) is 0. The first-order valence-electron chi connectivity index (χ1n) is 7.84. The molecule has 0 aliphatic carbocycles. The van der Waals surface area contributed by atoms with Gasteiger partial charge in [-0.1, -0.05) is 0 Å². The molecule has 1 heterocycles. The fourth-order valence-corrected chi connectivity index (χ4v) is 2.76. The number of anilines is 1. The van der Waals surface area contributed by atoms with E-state index in [1.54, 1.807) is 19.1 Å². The number of carbonyl (C=O) groups excluding carboxylic acids is 2. The van der Waals surface area contributed by atoms with Crippen molar-refractivity contribution in [2.45, 2.75) is 32.7 Å². The van der Waals surface area contributed by atoms with Crippen LogP contribution in [0, 0.1) is 5.92 Å². The molecule has 0 saturated carbocycles. The number of piperidine rings is 1. The molecule has 5 heteroatoms. The van der Waals surface area contributed by atoms with E-state index in [0.717, 1.165) is 25.1 Å². The second-order valence-corrected chi connectivity index (χ2v) is 5.74. The van der Waals surface area contributed by atoms with E-state index >= 15 is 0 Å². The Balaban J connectivity index is 2.05. The van der Waals surface area contributed by atoms with Crippen molar-refractivity contribution in [2.75, 3.05) is 24.6 Å². The maximum Gasteiger partial charge on any atom is 0.310 e. The summed E-state index contributed by atoms with van der Waals surface area (Å²) in [6, 6.07) is 6.95. The van der Waals surface area contributed by atoms with E-state index in [-0.39, 0.29) is 17.7 Å². The first-order valence-corrected chi connectivity index (χ1v) is 7.84. The van der Waals surface area contributed by atoms with E-state index in [4.69, 9.17) is 10.5 Å². The maximum absolute atomic E-state index is 11.9. The third-order valence-electron chi connectivity index (χ3n) is 3.97. The maximum atomic E-state index is 11.9. The molecule has 2 unspecified atom stereocenters. The number of nitrogens with zero attached hydrogens (tertiary/aromatic N) is 1. The highest BCUT2D eigenvalue weighted by molar-refractivity contribution is 5.99. The van der Waals surface area contributed by atoms with Crippen LogP contribution >= 0.6 is 0 Å². The van der Waals surface area contributed by atoms with Crippen LogP contribution < -0.4 is 10.6 Å². The first-order chi connectivity index (χ1) is 10.5. The molecule has 0 aromatic heterocycles. The van der Waals surface area contributed by atoms with E-state index in [0.29, 0.717) is 18.7 Å². The van der Waals surface area contributed by atoms with Crippen molar-refractivity contribution in [3.05, 3.63) is 29.8 Å². The molecule has 1 aliphatic heterocycles. The van der Waals surface area contributed by atoms with Crippen molar-refractivity contribution >= 4 is 17.4 Å². The van der Waals surface area contributed by atoms with Crippen LogP contribution in [0.15, 0.2) is 24.3 Å². The van der Waals surface area contributed by atoms with E-state index < -0.39 is 6.04 Å². The molecular formula is C17H24N2O3. The molecule has 22 heavy (non-hydrogen) atoms. The molecule has 1 aromatic rings. The number of rotatable bonds is 5. The number of Topliss-reactive ketones (excluding diaryl/α,β-unsaturated/α-hetero) is 1. The van der Waals surface area contributed by atoms with Gasteiger partial charge in [0.1, 0.15) is 0 Å². The zero-order chi connectivity index (χ0) is 16.1. The predicted octanol–water partition coefficient (Wildman–Crippen LogP) is 2.00. The lowest BCUT2D eigenvalue weighted by atomic mass is 9.97. The molecule has 0 amide bonds. The lowest BCUT2D eigenvalue weighted by Crippen LogP contribution is -2.39. The Morgan fingerprint density at radius 1 is 1.36 bits per heavy atom. The summed E-state index contributed by atoms with van der Waals surface area (Å²) in [5.74, 6) is -0.246. The van der Waals surface area contributed by atoms with Crippen LogP contribution in [0.4, 0.5) is 5.69 Å². The summed E-state index contributed by atoms with van der Waals surface area (Å²) < 4.78 is 5.12. The Kier molecular flexibility index (Phi) is 5.55. The summed E-state index contributed by atoms with van der Waals surface area (Å²) in [4.78, 5) is 25.9. The number of hydrogen-bond acceptors (Lipinski definition) is 5. The van der Waals surface area contributed by atoms with Crippen LogP contribution in [-0.4, -0.2) is 37.5 Å². The number of esters is 1. The Morgan fingerprint density at radius 3 is 2.64 bits per heavy atom. The van der Waals surface area contributed by atoms with Crippen LogP contribution in [0.5, 0.6) is 0 Å². The molecule has 5 nitrogen and oxygen atoms in total. The van der Waals surface area contributed by atoms with Gasteiger partial charge in [0.15, 0.2) is 5.78 Å². The molecule has 1 aliphatic rings. The van der Waals surface area contributed by atoms with Crippen LogP contribution in [0.3, 0.4) is 0 Å². The third-order valence-corrected chi connectivity index (χ3v) is 3.97. The third kappa shape index (κ3) is 3.85. The van der Waals surface area contributed by atoms with Gasteiger partial charge >= 0.3 is 5.97 Å². The van der Waals surface area contributed by atoms with Crippen molar-refractivity contribution < 1.29 is 14.3 Å². The summed E-state index contributed by atoms with van der Waals surface area (Å²) in [5.41, 5.74) is 7.26. The van der Waals surface area contributed by atoms with Gasteiger partial charge in [-0.3, -0.25) is 9.59 Å². The van der Waals surface area contributed by atoms with Crippen LogP contribution in [0.25, 0.3) is 0 Å². The lowest BCUT2D eigenvalue weighted by molar-refractivity contribution is -0.148. The van der Waals surface area contributed by atoms with Crippen molar-refractivity contribution in [3.8, 4) is 0 Å². The predicted molar refractivity (Wildman–Crippen MR) is 86.0 cm³/mol. The fourth-order valence-electron chi connectivity index (χ4n) is 2.76.